The molecule has 15 rings (SSSR count). The highest BCUT2D eigenvalue weighted by atomic mass is 16.5. The highest BCUT2D eigenvalue weighted by molar-refractivity contribution is 6.10. The van der Waals surface area contributed by atoms with Gasteiger partial charge in [0.05, 0.1) is 36.5 Å². The molecular formula is C76H62N2O2. The molecule has 4 unspecified atom stereocenters. The number of ether oxygens (including phenoxy) is 2. The average molecular weight is 1040 g/mol. The van der Waals surface area contributed by atoms with Gasteiger partial charge in [-0.2, -0.15) is 0 Å². The zero-order valence-corrected chi connectivity index (χ0v) is 45.5. The number of hydrogen-bond acceptors (Lipinski definition) is 3. The van der Waals surface area contributed by atoms with E-state index in [4.69, 9.17) is 9.47 Å². The molecule has 4 atom stereocenters. The molecule has 0 saturated heterocycles. The molecule has 4 aliphatic carbocycles. The molecule has 0 spiro atoms. The van der Waals surface area contributed by atoms with Gasteiger partial charge < -0.3 is 18.9 Å². The second-order valence-corrected chi connectivity index (χ2v) is 23.1. The van der Waals surface area contributed by atoms with Crippen LogP contribution in [0, 0.1) is 5.92 Å². The van der Waals surface area contributed by atoms with Crippen molar-refractivity contribution in [3.8, 4) is 27.9 Å². The van der Waals surface area contributed by atoms with Crippen LogP contribution in [0.25, 0.3) is 55.3 Å². The third kappa shape index (κ3) is 8.28. The van der Waals surface area contributed by atoms with Crippen molar-refractivity contribution in [2.24, 2.45) is 5.92 Å². The summed E-state index contributed by atoms with van der Waals surface area (Å²) >= 11 is 0. The van der Waals surface area contributed by atoms with Crippen LogP contribution in [0.3, 0.4) is 0 Å². The Labute approximate surface area is 469 Å². The maximum Gasteiger partial charge on any atom is 0.0872 e. The predicted octanol–water partition coefficient (Wildman–Crippen LogP) is 19.2. The van der Waals surface area contributed by atoms with E-state index >= 15 is 0 Å². The fraction of sp³-hybridized carbons (Fsp3) is 0.158. The van der Waals surface area contributed by atoms with Gasteiger partial charge in [0.2, 0.25) is 0 Å². The molecule has 1 heterocycles. The van der Waals surface area contributed by atoms with Crippen molar-refractivity contribution >= 4 is 44.4 Å². The number of nitrogens with zero attached hydrogens (tertiary/aromatic N) is 2. The van der Waals surface area contributed by atoms with E-state index in [-0.39, 0.29) is 29.5 Å². The van der Waals surface area contributed by atoms with Crippen LogP contribution in [0.5, 0.6) is 0 Å². The van der Waals surface area contributed by atoms with Gasteiger partial charge in [0.1, 0.15) is 0 Å². The summed E-state index contributed by atoms with van der Waals surface area (Å²) in [6, 6.07) is 87.0. The lowest BCUT2D eigenvalue weighted by atomic mass is 9.69. The van der Waals surface area contributed by atoms with E-state index in [9.17, 15) is 0 Å². The van der Waals surface area contributed by atoms with Crippen LogP contribution in [-0.4, -0.2) is 4.57 Å². The summed E-state index contributed by atoms with van der Waals surface area (Å²) in [6.07, 6.45) is 7.11. The minimum atomic E-state index is -0.222. The maximum atomic E-state index is 6.68. The van der Waals surface area contributed by atoms with Crippen molar-refractivity contribution in [1.82, 2.24) is 4.57 Å². The topological polar surface area (TPSA) is 26.6 Å². The Morgan fingerprint density at radius 2 is 1.02 bits per heavy atom. The second-order valence-electron chi connectivity index (χ2n) is 23.1. The highest BCUT2D eigenvalue weighted by Crippen LogP contribution is 2.56. The van der Waals surface area contributed by atoms with E-state index in [1.807, 2.05) is 0 Å². The van der Waals surface area contributed by atoms with Gasteiger partial charge in [-0.05, 0) is 156 Å². The number of benzene rings is 10. The number of aromatic nitrogens is 1. The Morgan fingerprint density at radius 1 is 0.487 bits per heavy atom. The number of hydrogen-bond donors (Lipinski definition) is 0. The summed E-state index contributed by atoms with van der Waals surface area (Å²) < 4.78 is 15.7. The van der Waals surface area contributed by atoms with Crippen molar-refractivity contribution in [2.75, 3.05) is 4.90 Å². The maximum absolute atomic E-state index is 6.68. The van der Waals surface area contributed by atoms with Gasteiger partial charge in [0, 0.05) is 57.7 Å². The molecule has 0 radical (unpaired) electrons. The summed E-state index contributed by atoms with van der Waals surface area (Å²) in [5.41, 5.74) is 26.2. The molecule has 0 aliphatic heterocycles. The Balaban J connectivity index is 0.749. The summed E-state index contributed by atoms with van der Waals surface area (Å²) in [4.78, 5) is 2.44. The van der Waals surface area contributed by atoms with E-state index in [1.54, 1.807) is 0 Å². The first-order valence-corrected chi connectivity index (χ1v) is 28.5. The molecule has 0 bridgehead atoms. The molecule has 0 amide bonds. The molecule has 4 nitrogen and oxygen atoms in total. The monoisotopic (exact) mass is 1030 g/mol. The zero-order chi connectivity index (χ0) is 53.5. The van der Waals surface area contributed by atoms with Gasteiger partial charge >= 0.3 is 0 Å². The van der Waals surface area contributed by atoms with Gasteiger partial charge in [-0.3, -0.25) is 0 Å². The van der Waals surface area contributed by atoms with Crippen LogP contribution in [0.2, 0.25) is 0 Å². The Bertz CT molecular complexity index is 4170. The molecule has 80 heavy (non-hydrogen) atoms. The standard InChI is InChI=1S/C76H62N2O2/c1-49-63(58-41-50(47-79-73-44-56-18-10-12-22-64(56)73)40-51(42-58)48-80-74-45-57-19-11-13-23-65(57)74)37-38-68-66-36-35-62(46-70(66)76(2,3)75(49)68)77(60-31-26-53(27-32-60)52-16-6-4-7-17-52)61-33-28-54(29-34-61)55-30-39-72-69(43-55)67-24-14-15-25-71(67)78(72)59-20-8-5-9-21-59/h4-43,46,49,63,73-74H,44-45,47-48H2,1-3H3. The normalized spacial score (nSPS) is 18.3. The number of fused-ring (bicyclic) bond motifs is 7. The number of para-hydroxylation sites is 2. The smallest absolute Gasteiger partial charge is 0.0872 e. The van der Waals surface area contributed by atoms with Crippen LogP contribution in [0.1, 0.15) is 89.0 Å². The zero-order valence-electron chi connectivity index (χ0n) is 45.5. The van der Waals surface area contributed by atoms with Crippen LogP contribution >= 0.6 is 0 Å². The van der Waals surface area contributed by atoms with E-state index < -0.39 is 0 Å². The van der Waals surface area contributed by atoms with E-state index in [0.717, 1.165) is 29.9 Å². The third-order valence-electron chi connectivity index (χ3n) is 18.0. The van der Waals surface area contributed by atoms with Crippen molar-refractivity contribution in [3.05, 3.63) is 304 Å². The number of anilines is 3. The summed E-state index contributed by atoms with van der Waals surface area (Å²) in [6.45, 7) is 8.48. The fourth-order valence-corrected chi connectivity index (χ4v) is 13.9. The minimum absolute atomic E-state index is 0.135. The Hall–Kier alpha value is -8.80. The first-order chi connectivity index (χ1) is 39.3. The molecule has 10 aromatic carbocycles. The third-order valence-corrected chi connectivity index (χ3v) is 18.0. The summed E-state index contributed by atoms with van der Waals surface area (Å²) in [5, 5.41) is 2.50. The van der Waals surface area contributed by atoms with Crippen molar-refractivity contribution < 1.29 is 9.47 Å². The first-order valence-electron chi connectivity index (χ1n) is 28.5. The Kier molecular flexibility index (Phi) is 11.8. The number of rotatable bonds is 13. The van der Waals surface area contributed by atoms with Crippen LogP contribution in [-0.2, 0) is 40.9 Å². The number of allylic oxidation sites excluding steroid dienone is 4. The largest absolute Gasteiger partial charge is 0.368 e. The lowest BCUT2D eigenvalue weighted by Crippen LogP contribution is -2.26. The molecule has 4 aliphatic rings. The van der Waals surface area contributed by atoms with E-state index in [0.29, 0.717) is 13.2 Å². The Morgan fingerprint density at radius 3 is 1.68 bits per heavy atom. The lowest BCUT2D eigenvalue weighted by Gasteiger charge is -2.36. The molecule has 0 saturated carbocycles. The SMILES string of the molecule is CC1C2=C(C=CC1c1cc(COC3Cc4ccccc43)cc(COC3Cc4ccccc43)c1)c1ccc(N(c3ccc(-c4ccccc4)cc3)c3ccc(-c4ccc5c(c4)c4ccccc4n5-c4ccccc4)cc3)cc1C2(C)C. The molecule has 4 heteroatoms. The van der Waals surface area contributed by atoms with Crippen LogP contribution in [0.4, 0.5) is 17.1 Å². The lowest BCUT2D eigenvalue weighted by molar-refractivity contribution is 0.0216. The molecular weight excluding hydrogens is 973 g/mol. The molecule has 0 fully saturated rings. The van der Waals surface area contributed by atoms with Gasteiger partial charge in [-0.25, -0.2) is 0 Å². The van der Waals surface area contributed by atoms with Gasteiger partial charge in [0.25, 0.3) is 0 Å². The minimum Gasteiger partial charge on any atom is -0.368 e. The first kappa shape index (κ1) is 48.3. The van der Waals surface area contributed by atoms with Crippen molar-refractivity contribution in [3.63, 3.8) is 0 Å². The van der Waals surface area contributed by atoms with Gasteiger partial charge in [-0.1, -0.05) is 203 Å². The predicted molar refractivity (Wildman–Crippen MR) is 329 cm³/mol. The average Bonchev–Trinajstić information content (AvgIpc) is 3.95. The van der Waals surface area contributed by atoms with E-state index in [2.05, 4.69) is 279 Å². The van der Waals surface area contributed by atoms with Gasteiger partial charge in [0.15, 0.2) is 0 Å². The van der Waals surface area contributed by atoms with Crippen LogP contribution < -0.4 is 4.90 Å². The van der Waals surface area contributed by atoms with Crippen LogP contribution in [0.15, 0.2) is 254 Å². The highest BCUT2D eigenvalue weighted by Gasteiger charge is 2.43. The molecule has 11 aromatic rings. The fourth-order valence-electron chi connectivity index (χ4n) is 13.9. The van der Waals surface area contributed by atoms with Gasteiger partial charge in [-0.15, -0.1) is 0 Å². The molecule has 0 N–H and O–H groups in total. The van der Waals surface area contributed by atoms with Crippen molar-refractivity contribution in [1.29, 1.82) is 0 Å². The second kappa shape index (κ2) is 19.5. The van der Waals surface area contributed by atoms with E-state index in [1.165, 1.54) is 111 Å². The van der Waals surface area contributed by atoms with Crippen molar-refractivity contribution in [2.45, 2.75) is 70.4 Å². The summed E-state index contributed by atoms with van der Waals surface area (Å²) in [7, 11) is 0. The molecule has 388 valence electrons. The summed E-state index contributed by atoms with van der Waals surface area (Å²) in [5.74, 6) is 0.446. The molecule has 1 aromatic heterocycles. The quantitative estimate of drug-likeness (QED) is 0.115.